The van der Waals surface area contributed by atoms with E-state index in [1.54, 1.807) is 6.92 Å². The molecule has 0 rings (SSSR count). The van der Waals surface area contributed by atoms with Crippen LogP contribution in [-0.4, -0.2) is 49.6 Å². The van der Waals surface area contributed by atoms with Crippen molar-refractivity contribution < 1.29 is 14.3 Å². The van der Waals surface area contributed by atoms with Crippen molar-refractivity contribution in [3.63, 3.8) is 0 Å². The number of likely N-dealkylation sites (N-methyl/N-ethyl adjacent to an activating group) is 1. The molecule has 0 aliphatic heterocycles. The van der Waals surface area contributed by atoms with Crippen LogP contribution in [0.2, 0.25) is 0 Å². The Morgan fingerprint density at radius 2 is 1.82 bits per heavy atom. The maximum atomic E-state index is 11.5. The molecule has 0 bridgehead atoms. The normalized spacial score (nSPS) is 11.4. The van der Waals surface area contributed by atoms with Gasteiger partial charge >= 0.3 is 5.97 Å². The largest absolute Gasteiger partial charge is 0.466 e. The molecule has 0 fully saturated rings. The number of carbonyl (C=O) groups excluding carboxylic acids is 2. The summed E-state index contributed by atoms with van der Waals surface area (Å²) in [4.78, 5) is 24.6. The lowest BCUT2D eigenvalue weighted by Gasteiger charge is -2.32. The Morgan fingerprint density at radius 3 is 2.29 bits per heavy atom. The second-order valence-corrected chi connectivity index (χ2v) is 4.79. The van der Waals surface area contributed by atoms with Crippen LogP contribution in [0.15, 0.2) is 0 Å². The maximum Gasteiger partial charge on any atom is 0.306 e. The van der Waals surface area contributed by atoms with E-state index in [2.05, 4.69) is 5.32 Å². The van der Waals surface area contributed by atoms with Gasteiger partial charge in [0.05, 0.1) is 13.0 Å². The molecule has 5 nitrogen and oxygen atoms in total. The highest BCUT2D eigenvalue weighted by atomic mass is 16.5. The van der Waals surface area contributed by atoms with E-state index >= 15 is 0 Å². The Hall–Kier alpha value is -1.10. The smallest absolute Gasteiger partial charge is 0.306 e. The molecule has 0 aliphatic carbocycles. The van der Waals surface area contributed by atoms with Gasteiger partial charge in [-0.05, 0) is 34.9 Å². The van der Waals surface area contributed by atoms with Crippen LogP contribution in [0.3, 0.4) is 0 Å². The molecule has 0 unspecified atom stereocenters. The van der Waals surface area contributed by atoms with Gasteiger partial charge in [-0.25, -0.2) is 0 Å². The SMILES string of the molecule is CCOC(=O)CCC(=O)NCC(C)(C)N(C)C. The van der Waals surface area contributed by atoms with Gasteiger partial charge in [0.2, 0.25) is 5.91 Å². The quantitative estimate of drug-likeness (QED) is 0.673. The van der Waals surface area contributed by atoms with E-state index in [1.807, 2.05) is 32.8 Å². The molecular weight excluding hydrogens is 220 g/mol. The number of nitrogens with zero attached hydrogens (tertiary/aromatic N) is 1. The van der Waals surface area contributed by atoms with E-state index in [9.17, 15) is 9.59 Å². The highest BCUT2D eigenvalue weighted by Gasteiger charge is 2.21. The molecule has 0 aromatic rings. The lowest BCUT2D eigenvalue weighted by Crippen LogP contribution is -2.48. The Kier molecular flexibility index (Phi) is 6.80. The predicted octanol–water partition coefficient (Wildman–Crippen LogP) is 0.786. The van der Waals surface area contributed by atoms with E-state index in [0.717, 1.165) is 0 Å². The van der Waals surface area contributed by atoms with Crippen LogP contribution in [0.5, 0.6) is 0 Å². The van der Waals surface area contributed by atoms with E-state index < -0.39 is 0 Å². The zero-order valence-corrected chi connectivity index (χ0v) is 11.5. The number of amides is 1. The first-order valence-electron chi connectivity index (χ1n) is 5.89. The number of hydrogen-bond donors (Lipinski definition) is 1. The third-order valence-corrected chi connectivity index (χ3v) is 2.79. The molecule has 0 radical (unpaired) electrons. The average Bonchev–Trinajstić information content (AvgIpc) is 2.24. The van der Waals surface area contributed by atoms with Crippen LogP contribution in [0.25, 0.3) is 0 Å². The van der Waals surface area contributed by atoms with Gasteiger partial charge in [-0.3, -0.25) is 9.59 Å². The summed E-state index contributed by atoms with van der Waals surface area (Å²) in [6.07, 6.45) is 0.324. The van der Waals surface area contributed by atoms with Crippen LogP contribution in [0.4, 0.5) is 0 Å². The Bertz CT molecular complexity index is 262. The minimum atomic E-state index is -0.325. The standard InChI is InChI=1S/C12H24N2O3/c1-6-17-11(16)8-7-10(15)13-9-12(2,3)14(4)5/h6-9H2,1-5H3,(H,13,15). The van der Waals surface area contributed by atoms with E-state index in [1.165, 1.54) is 0 Å². The number of esters is 1. The van der Waals surface area contributed by atoms with Crippen molar-refractivity contribution in [2.24, 2.45) is 0 Å². The van der Waals surface area contributed by atoms with Gasteiger partial charge in [-0.2, -0.15) is 0 Å². The van der Waals surface area contributed by atoms with E-state index in [4.69, 9.17) is 4.74 Å². The molecule has 17 heavy (non-hydrogen) atoms. The fourth-order valence-corrected chi connectivity index (χ4v) is 1.01. The minimum Gasteiger partial charge on any atom is -0.466 e. The monoisotopic (exact) mass is 244 g/mol. The number of nitrogens with one attached hydrogen (secondary N) is 1. The zero-order chi connectivity index (χ0) is 13.5. The van der Waals surface area contributed by atoms with Crippen LogP contribution in [0, 0.1) is 0 Å². The van der Waals surface area contributed by atoms with Crippen LogP contribution < -0.4 is 5.32 Å². The molecule has 1 amide bonds. The maximum absolute atomic E-state index is 11.5. The zero-order valence-electron chi connectivity index (χ0n) is 11.5. The molecule has 0 saturated carbocycles. The molecule has 0 aliphatic rings. The van der Waals surface area contributed by atoms with Crippen LogP contribution >= 0.6 is 0 Å². The molecule has 0 aromatic carbocycles. The van der Waals surface area contributed by atoms with Crippen LogP contribution in [0.1, 0.15) is 33.6 Å². The number of hydrogen-bond acceptors (Lipinski definition) is 4. The van der Waals surface area contributed by atoms with Crippen LogP contribution in [-0.2, 0) is 14.3 Å². The third kappa shape index (κ3) is 6.94. The number of carbonyl (C=O) groups is 2. The van der Waals surface area contributed by atoms with Crippen molar-refractivity contribution in [3.8, 4) is 0 Å². The third-order valence-electron chi connectivity index (χ3n) is 2.79. The number of rotatable bonds is 7. The summed E-state index contributed by atoms with van der Waals surface area (Å²) >= 11 is 0. The van der Waals surface area contributed by atoms with Crippen molar-refractivity contribution in [2.45, 2.75) is 39.2 Å². The average molecular weight is 244 g/mol. The summed E-state index contributed by atoms with van der Waals surface area (Å²) in [5.41, 5.74) is -0.0976. The van der Waals surface area contributed by atoms with Crippen molar-refractivity contribution in [2.75, 3.05) is 27.2 Å². The van der Waals surface area contributed by atoms with Gasteiger partial charge < -0.3 is 15.0 Å². The first-order valence-corrected chi connectivity index (χ1v) is 5.89. The Balaban J connectivity index is 3.85. The molecular formula is C12H24N2O3. The van der Waals surface area contributed by atoms with E-state index in [-0.39, 0.29) is 30.3 Å². The first-order chi connectivity index (χ1) is 7.79. The summed E-state index contributed by atoms with van der Waals surface area (Å²) in [5, 5.41) is 2.81. The van der Waals surface area contributed by atoms with Gasteiger partial charge in [0, 0.05) is 18.5 Å². The molecule has 0 heterocycles. The van der Waals surface area contributed by atoms with Crippen molar-refractivity contribution >= 4 is 11.9 Å². The lowest BCUT2D eigenvalue weighted by molar-refractivity contribution is -0.144. The molecule has 0 saturated heterocycles. The van der Waals surface area contributed by atoms with Crippen molar-refractivity contribution in [3.05, 3.63) is 0 Å². The van der Waals surface area contributed by atoms with Gasteiger partial charge in [-0.1, -0.05) is 0 Å². The van der Waals surface area contributed by atoms with E-state index in [0.29, 0.717) is 13.2 Å². The molecule has 100 valence electrons. The number of ether oxygens (including phenoxy) is 1. The minimum absolute atomic E-state index is 0.0976. The summed E-state index contributed by atoms with van der Waals surface area (Å²) in [6, 6.07) is 0. The van der Waals surface area contributed by atoms with Gasteiger partial charge in [0.25, 0.3) is 0 Å². The second-order valence-electron chi connectivity index (χ2n) is 4.79. The topological polar surface area (TPSA) is 58.6 Å². The fraction of sp³-hybridized carbons (Fsp3) is 0.833. The van der Waals surface area contributed by atoms with Crippen molar-refractivity contribution in [1.29, 1.82) is 0 Å². The molecule has 1 N–H and O–H groups in total. The molecule has 0 aromatic heterocycles. The lowest BCUT2D eigenvalue weighted by atomic mass is 10.0. The van der Waals surface area contributed by atoms with Gasteiger partial charge in [-0.15, -0.1) is 0 Å². The Labute approximate surface area is 103 Å². The van der Waals surface area contributed by atoms with Gasteiger partial charge in [0.15, 0.2) is 0 Å². The summed E-state index contributed by atoms with van der Waals surface area (Å²) < 4.78 is 4.75. The van der Waals surface area contributed by atoms with Gasteiger partial charge in [0.1, 0.15) is 0 Å². The fourth-order valence-electron chi connectivity index (χ4n) is 1.01. The molecule has 5 heteroatoms. The Morgan fingerprint density at radius 1 is 1.24 bits per heavy atom. The highest BCUT2D eigenvalue weighted by molar-refractivity contribution is 5.81. The van der Waals surface area contributed by atoms with Crippen molar-refractivity contribution in [1.82, 2.24) is 10.2 Å². The first kappa shape index (κ1) is 15.9. The molecule has 0 atom stereocenters. The second kappa shape index (κ2) is 7.27. The summed E-state index contributed by atoms with van der Waals surface area (Å²) in [7, 11) is 3.93. The summed E-state index contributed by atoms with van der Waals surface area (Å²) in [6.45, 7) is 6.74. The summed E-state index contributed by atoms with van der Waals surface area (Å²) in [5.74, 6) is -0.442. The predicted molar refractivity (Wildman–Crippen MR) is 66.6 cm³/mol. The molecule has 0 spiro atoms. The highest BCUT2D eigenvalue weighted by Crippen LogP contribution is 2.07.